The molecular weight excluding hydrogens is 331 g/mol. The average molecular weight is 345 g/mol. The third-order valence-corrected chi connectivity index (χ3v) is 4.74. The predicted octanol–water partition coefficient (Wildman–Crippen LogP) is 4.93. The summed E-state index contributed by atoms with van der Waals surface area (Å²) < 4.78 is 14.9. The lowest BCUT2D eigenvalue weighted by atomic mass is 9.95. The minimum atomic E-state index is -0.377. The molecule has 1 atom stereocenters. The first-order valence-electron chi connectivity index (χ1n) is 6.88. The number of hydrogen-bond donors (Lipinski definition) is 0. The number of rotatable bonds is 1. The van der Waals surface area contributed by atoms with Gasteiger partial charge in [-0.05, 0) is 59.5 Å². The summed E-state index contributed by atoms with van der Waals surface area (Å²) in [6, 6.07) is 13.7. The Kier molecular flexibility index (Phi) is 3.69. The first-order chi connectivity index (χ1) is 10.1. The zero-order valence-corrected chi connectivity index (χ0v) is 13.2. The fraction of sp³-hybridized carbons (Fsp3) is 0.235. The van der Waals surface area contributed by atoms with E-state index < -0.39 is 0 Å². The van der Waals surface area contributed by atoms with E-state index in [2.05, 4.69) is 28.9 Å². The Bertz CT molecular complexity index is 736. The number of fused-ring (bicyclic) bond motifs is 1. The SMILES string of the molecule is CC1CCc2ccccc2N1c1ccc(C#N)c(Br)c1F. The van der Waals surface area contributed by atoms with E-state index in [0.717, 1.165) is 18.5 Å². The third kappa shape index (κ3) is 2.32. The van der Waals surface area contributed by atoms with Gasteiger partial charge in [-0.2, -0.15) is 5.26 Å². The number of aryl methyl sites for hydroxylation is 1. The number of nitrogens with zero attached hydrogens (tertiary/aromatic N) is 2. The van der Waals surface area contributed by atoms with E-state index in [9.17, 15) is 4.39 Å². The van der Waals surface area contributed by atoms with Gasteiger partial charge in [0, 0.05) is 11.7 Å². The second kappa shape index (κ2) is 5.50. The summed E-state index contributed by atoms with van der Waals surface area (Å²) in [5.41, 5.74) is 3.11. The molecule has 21 heavy (non-hydrogen) atoms. The van der Waals surface area contributed by atoms with Crippen molar-refractivity contribution in [3.63, 3.8) is 0 Å². The highest BCUT2D eigenvalue weighted by Gasteiger charge is 2.27. The molecule has 2 aromatic carbocycles. The molecule has 0 aromatic heterocycles. The van der Waals surface area contributed by atoms with E-state index in [0.29, 0.717) is 11.3 Å². The normalized spacial score (nSPS) is 17.2. The van der Waals surface area contributed by atoms with E-state index >= 15 is 0 Å². The van der Waals surface area contributed by atoms with Crippen LogP contribution in [0.3, 0.4) is 0 Å². The lowest BCUT2D eigenvalue weighted by Gasteiger charge is -2.37. The van der Waals surface area contributed by atoms with Crippen LogP contribution in [0.2, 0.25) is 0 Å². The van der Waals surface area contributed by atoms with Crippen LogP contribution in [0.15, 0.2) is 40.9 Å². The molecule has 0 amide bonds. The molecule has 3 rings (SSSR count). The molecular formula is C17H14BrFN2. The van der Waals surface area contributed by atoms with Crippen molar-refractivity contribution >= 4 is 27.3 Å². The second-order valence-corrected chi connectivity index (χ2v) is 6.05. The molecule has 4 heteroatoms. The van der Waals surface area contributed by atoms with Crippen LogP contribution in [0.5, 0.6) is 0 Å². The van der Waals surface area contributed by atoms with Crippen molar-refractivity contribution in [3.8, 4) is 6.07 Å². The highest BCUT2D eigenvalue weighted by Crippen LogP contribution is 2.40. The molecule has 0 saturated heterocycles. The molecule has 1 heterocycles. The summed E-state index contributed by atoms with van der Waals surface area (Å²) in [5, 5.41) is 8.99. The van der Waals surface area contributed by atoms with Crippen molar-refractivity contribution in [3.05, 3.63) is 57.8 Å². The standard InChI is InChI=1S/C17H14BrFN2/c1-11-6-7-12-4-2-3-5-14(12)21(11)15-9-8-13(10-20)16(18)17(15)19/h2-5,8-9,11H,6-7H2,1H3. The Labute approximate surface area is 131 Å². The fourth-order valence-corrected chi connectivity index (χ4v) is 3.29. The number of hydrogen-bond acceptors (Lipinski definition) is 2. The Morgan fingerprint density at radius 1 is 1.24 bits per heavy atom. The number of benzene rings is 2. The summed E-state index contributed by atoms with van der Waals surface area (Å²) in [6.07, 6.45) is 1.99. The van der Waals surface area contributed by atoms with Crippen molar-refractivity contribution < 1.29 is 4.39 Å². The molecule has 1 aliphatic rings. The molecule has 106 valence electrons. The summed E-state index contributed by atoms with van der Waals surface area (Å²) >= 11 is 3.19. The molecule has 0 saturated carbocycles. The first-order valence-corrected chi connectivity index (χ1v) is 7.68. The van der Waals surface area contributed by atoms with Gasteiger partial charge in [-0.3, -0.25) is 0 Å². The Morgan fingerprint density at radius 2 is 2.00 bits per heavy atom. The van der Waals surface area contributed by atoms with Gasteiger partial charge in [0.1, 0.15) is 6.07 Å². The fourth-order valence-electron chi connectivity index (χ4n) is 2.87. The predicted molar refractivity (Wildman–Crippen MR) is 85.2 cm³/mol. The molecule has 0 spiro atoms. The van der Waals surface area contributed by atoms with Crippen molar-refractivity contribution in [1.29, 1.82) is 5.26 Å². The maximum Gasteiger partial charge on any atom is 0.162 e. The van der Waals surface area contributed by atoms with Crippen molar-refractivity contribution in [2.24, 2.45) is 0 Å². The van der Waals surface area contributed by atoms with Gasteiger partial charge in [0.2, 0.25) is 0 Å². The van der Waals surface area contributed by atoms with Gasteiger partial charge < -0.3 is 4.90 Å². The van der Waals surface area contributed by atoms with Gasteiger partial charge in [0.15, 0.2) is 5.82 Å². The van der Waals surface area contributed by atoms with Crippen LogP contribution in [0, 0.1) is 17.1 Å². The van der Waals surface area contributed by atoms with Crippen LogP contribution in [0.1, 0.15) is 24.5 Å². The quantitative estimate of drug-likeness (QED) is 0.733. The van der Waals surface area contributed by atoms with Gasteiger partial charge in [0.25, 0.3) is 0 Å². The lowest BCUT2D eigenvalue weighted by molar-refractivity contribution is 0.581. The zero-order chi connectivity index (χ0) is 15.0. The molecule has 2 aromatic rings. The number of para-hydroxylation sites is 1. The number of anilines is 2. The van der Waals surface area contributed by atoms with Crippen molar-refractivity contribution in [1.82, 2.24) is 0 Å². The summed E-state index contributed by atoms with van der Waals surface area (Å²) in [5.74, 6) is -0.377. The van der Waals surface area contributed by atoms with Crippen LogP contribution < -0.4 is 4.90 Å². The number of halogens is 2. The monoisotopic (exact) mass is 344 g/mol. The highest BCUT2D eigenvalue weighted by molar-refractivity contribution is 9.10. The van der Waals surface area contributed by atoms with Crippen LogP contribution >= 0.6 is 15.9 Å². The summed E-state index contributed by atoms with van der Waals surface area (Å²) in [7, 11) is 0. The van der Waals surface area contributed by atoms with Crippen LogP contribution in [0.4, 0.5) is 15.8 Å². The smallest absolute Gasteiger partial charge is 0.162 e. The summed E-state index contributed by atoms with van der Waals surface area (Å²) in [6.45, 7) is 2.10. The van der Waals surface area contributed by atoms with Crippen molar-refractivity contribution in [2.45, 2.75) is 25.8 Å². The summed E-state index contributed by atoms with van der Waals surface area (Å²) in [4.78, 5) is 2.03. The minimum absolute atomic E-state index is 0.217. The number of nitriles is 1. The molecule has 1 unspecified atom stereocenters. The topological polar surface area (TPSA) is 27.0 Å². The van der Waals surface area contributed by atoms with Crippen LogP contribution in [-0.4, -0.2) is 6.04 Å². The van der Waals surface area contributed by atoms with Crippen LogP contribution in [-0.2, 0) is 6.42 Å². The molecule has 2 nitrogen and oxygen atoms in total. The Morgan fingerprint density at radius 3 is 2.76 bits per heavy atom. The third-order valence-electron chi connectivity index (χ3n) is 3.97. The van der Waals surface area contributed by atoms with Gasteiger partial charge >= 0.3 is 0 Å². The maximum atomic E-state index is 14.7. The molecule has 0 bridgehead atoms. The lowest BCUT2D eigenvalue weighted by Crippen LogP contribution is -2.33. The molecule has 0 aliphatic carbocycles. The van der Waals surface area contributed by atoms with Crippen LogP contribution in [0.25, 0.3) is 0 Å². The second-order valence-electron chi connectivity index (χ2n) is 5.26. The average Bonchev–Trinajstić information content (AvgIpc) is 2.51. The zero-order valence-electron chi connectivity index (χ0n) is 11.6. The van der Waals surface area contributed by atoms with E-state index in [1.807, 2.05) is 29.2 Å². The minimum Gasteiger partial charge on any atom is -0.336 e. The molecule has 0 fully saturated rings. The van der Waals surface area contributed by atoms with Gasteiger partial charge in [-0.15, -0.1) is 0 Å². The highest BCUT2D eigenvalue weighted by atomic mass is 79.9. The Hall–Kier alpha value is -1.86. The maximum absolute atomic E-state index is 14.7. The molecule has 1 aliphatic heterocycles. The largest absolute Gasteiger partial charge is 0.336 e. The molecule has 0 radical (unpaired) electrons. The van der Waals surface area contributed by atoms with Gasteiger partial charge in [-0.1, -0.05) is 18.2 Å². The van der Waals surface area contributed by atoms with E-state index in [-0.39, 0.29) is 16.3 Å². The molecule has 0 N–H and O–H groups in total. The van der Waals surface area contributed by atoms with Gasteiger partial charge in [0.05, 0.1) is 15.7 Å². The van der Waals surface area contributed by atoms with E-state index in [1.54, 1.807) is 12.1 Å². The Balaban J connectivity index is 2.17. The first kappa shape index (κ1) is 14.1. The van der Waals surface area contributed by atoms with E-state index in [1.165, 1.54) is 5.56 Å². The van der Waals surface area contributed by atoms with Crippen molar-refractivity contribution in [2.75, 3.05) is 4.90 Å². The van der Waals surface area contributed by atoms with E-state index in [4.69, 9.17) is 5.26 Å². The van der Waals surface area contributed by atoms with Gasteiger partial charge in [-0.25, -0.2) is 4.39 Å².